The average molecular weight is 504 g/mol. The Balaban J connectivity index is 2.24. The fourth-order valence-corrected chi connectivity index (χ4v) is 4.00. The SMILES string of the molecule is COc1ccc(C(=O)N(c2ccc(C(C)(C)C)cc2)C(C(=O)NC(C)(C)C)c2cccnc2)c(OC)c1. The first-order valence-electron chi connectivity index (χ1n) is 12.2. The summed E-state index contributed by atoms with van der Waals surface area (Å²) in [6.07, 6.45) is 3.25. The molecule has 0 radical (unpaired) electrons. The predicted molar refractivity (Wildman–Crippen MR) is 146 cm³/mol. The van der Waals surface area contributed by atoms with E-state index in [0.29, 0.717) is 28.3 Å². The summed E-state index contributed by atoms with van der Waals surface area (Å²) < 4.78 is 10.9. The molecule has 0 spiro atoms. The fourth-order valence-electron chi connectivity index (χ4n) is 4.00. The van der Waals surface area contributed by atoms with Crippen molar-refractivity contribution in [1.82, 2.24) is 10.3 Å². The molecule has 3 aromatic rings. The van der Waals surface area contributed by atoms with Gasteiger partial charge in [0.2, 0.25) is 5.91 Å². The van der Waals surface area contributed by atoms with Crippen LogP contribution in [0.1, 0.15) is 69.1 Å². The second-order valence-corrected chi connectivity index (χ2v) is 11.0. The van der Waals surface area contributed by atoms with Crippen molar-refractivity contribution in [1.29, 1.82) is 0 Å². The van der Waals surface area contributed by atoms with Crippen molar-refractivity contribution in [3.8, 4) is 11.5 Å². The first kappa shape index (κ1) is 27.7. The number of ether oxygens (including phenoxy) is 2. The van der Waals surface area contributed by atoms with Crippen LogP contribution in [0.2, 0.25) is 0 Å². The highest BCUT2D eigenvalue weighted by molar-refractivity contribution is 6.11. The van der Waals surface area contributed by atoms with Crippen LogP contribution in [0.4, 0.5) is 5.69 Å². The largest absolute Gasteiger partial charge is 0.497 e. The number of anilines is 1. The van der Waals surface area contributed by atoms with Crippen LogP contribution in [0.25, 0.3) is 0 Å². The van der Waals surface area contributed by atoms with Gasteiger partial charge >= 0.3 is 0 Å². The van der Waals surface area contributed by atoms with Crippen molar-refractivity contribution in [3.63, 3.8) is 0 Å². The van der Waals surface area contributed by atoms with Gasteiger partial charge in [-0.25, -0.2) is 0 Å². The van der Waals surface area contributed by atoms with Crippen molar-refractivity contribution < 1.29 is 19.1 Å². The number of benzene rings is 2. The second-order valence-electron chi connectivity index (χ2n) is 11.0. The predicted octanol–water partition coefficient (Wildman–Crippen LogP) is 5.70. The molecule has 1 N–H and O–H groups in total. The minimum absolute atomic E-state index is 0.0705. The van der Waals surface area contributed by atoms with Gasteiger partial charge in [-0.1, -0.05) is 39.0 Å². The van der Waals surface area contributed by atoms with E-state index < -0.39 is 11.6 Å². The van der Waals surface area contributed by atoms with E-state index in [1.54, 1.807) is 49.8 Å². The molecule has 1 atom stereocenters. The zero-order chi connectivity index (χ0) is 27.4. The number of rotatable bonds is 7. The molecule has 0 aliphatic heterocycles. The summed E-state index contributed by atoms with van der Waals surface area (Å²) >= 11 is 0. The molecule has 1 aromatic heterocycles. The Hall–Kier alpha value is -3.87. The van der Waals surface area contributed by atoms with E-state index in [9.17, 15) is 9.59 Å². The summed E-state index contributed by atoms with van der Waals surface area (Å²) in [6, 6.07) is 15.3. The Labute approximate surface area is 219 Å². The van der Waals surface area contributed by atoms with Gasteiger partial charge in [-0.15, -0.1) is 0 Å². The van der Waals surface area contributed by atoms with Gasteiger partial charge < -0.3 is 14.8 Å². The molecule has 0 fully saturated rings. The van der Waals surface area contributed by atoms with Crippen LogP contribution in [0, 0.1) is 0 Å². The molecule has 1 unspecified atom stereocenters. The lowest BCUT2D eigenvalue weighted by molar-refractivity contribution is -0.123. The summed E-state index contributed by atoms with van der Waals surface area (Å²) in [4.78, 5) is 33.8. The first-order valence-corrected chi connectivity index (χ1v) is 12.2. The zero-order valence-corrected chi connectivity index (χ0v) is 23.0. The maximum absolute atomic E-state index is 14.3. The molecular weight excluding hydrogens is 466 g/mol. The number of nitrogens with one attached hydrogen (secondary N) is 1. The molecule has 0 aliphatic rings. The number of hydrogen-bond acceptors (Lipinski definition) is 5. The third kappa shape index (κ3) is 6.67. The minimum atomic E-state index is -0.979. The topological polar surface area (TPSA) is 80.8 Å². The van der Waals surface area contributed by atoms with Crippen LogP contribution >= 0.6 is 0 Å². The molecule has 0 saturated heterocycles. The number of hydrogen-bond donors (Lipinski definition) is 1. The van der Waals surface area contributed by atoms with Crippen molar-refractivity contribution in [2.75, 3.05) is 19.1 Å². The van der Waals surface area contributed by atoms with Gasteiger partial charge in [0.15, 0.2) is 0 Å². The van der Waals surface area contributed by atoms with E-state index >= 15 is 0 Å². The Morgan fingerprint density at radius 3 is 2.11 bits per heavy atom. The van der Waals surface area contributed by atoms with Crippen molar-refractivity contribution in [2.45, 2.75) is 58.5 Å². The smallest absolute Gasteiger partial charge is 0.263 e. The van der Waals surface area contributed by atoms with Crippen molar-refractivity contribution in [2.24, 2.45) is 0 Å². The standard InChI is InChI=1S/C30H37N3O4/c1-29(2,3)21-11-13-22(14-12-21)33(28(35)24-16-15-23(36-7)18-25(24)37-8)26(20-10-9-17-31-19-20)27(34)32-30(4,5)6/h9-19,26H,1-8H3,(H,32,34). The van der Waals surface area contributed by atoms with E-state index in [4.69, 9.17) is 9.47 Å². The average Bonchev–Trinajstić information content (AvgIpc) is 2.85. The van der Waals surface area contributed by atoms with Crippen LogP contribution in [0.3, 0.4) is 0 Å². The summed E-state index contributed by atoms with van der Waals surface area (Å²) in [5, 5.41) is 3.04. The molecule has 0 saturated carbocycles. The molecule has 0 bridgehead atoms. The summed E-state index contributed by atoms with van der Waals surface area (Å²) in [6.45, 7) is 12.1. The van der Waals surface area contributed by atoms with Gasteiger partial charge in [0.25, 0.3) is 5.91 Å². The number of carbonyl (C=O) groups excluding carboxylic acids is 2. The minimum Gasteiger partial charge on any atom is -0.497 e. The lowest BCUT2D eigenvalue weighted by atomic mass is 9.87. The molecule has 196 valence electrons. The number of pyridine rings is 1. The van der Waals surface area contributed by atoms with Crippen LogP contribution in [-0.4, -0.2) is 36.6 Å². The molecule has 2 aromatic carbocycles. The zero-order valence-electron chi connectivity index (χ0n) is 23.0. The number of methoxy groups -OCH3 is 2. The van der Waals surface area contributed by atoms with Gasteiger partial charge in [0.1, 0.15) is 17.5 Å². The summed E-state index contributed by atoms with van der Waals surface area (Å²) in [5.41, 5.74) is 2.00. The summed E-state index contributed by atoms with van der Waals surface area (Å²) in [7, 11) is 3.05. The number of nitrogens with zero attached hydrogens (tertiary/aromatic N) is 2. The first-order chi connectivity index (χ1) is 17.4. The molecule has 37 heavy (non-hydrogen) atoms. The Bertz CT molecular complexity index is 1230. The maximum atomic E-state index is 14.3. The Morgan fingerprint density at radius 2 is 1.59 bits per heavy atom. The highest BCUT2D eigenvalue weighted by Crippen LogP contribution is 2.34. The molecular formula is C30H37N3O4. The molecule has 7 heteroatoms. The molecule has 1 heterocycles. The fraction of sp³-hybridized carbons (Fsp3) is 0.367. The van der Waals surface area contributed by atoms with E-state index in [2.05, 4.69) is 31.1 Å². The number of aromatic nitrogens is 1. The van der Waals surface area contributed by atoms with Gasteiger partial charge in [-0.2, -0.15) is 0 Å². The van der Waals surface area contributed by atoms with Crippen LogP contribution in [0.5, 0.6) is 11.5 Å². The third-order valence-corrected chi connectivity index (χ3v) is 5.87. The van der Waals surface area contributed by atoms with Gasteiger partial charge in [-0.05, 0) is 62.1 Å². The maximum Gasteiger partial charge on any atom is 0.263 e. The van der Waals surface area contributed by atoms with Gasteiger partial charge in [0.05, 0.1) is 19.8 Å². The van der Waals surface area contributed by atoms with E-state index in [1.807, 2.05) is 45.0 Å². The van der Waals surface area contributed by atoms with Crippen molar-refractivity contribution in [3.05, 3.63) is 83.7 Å². The summed E-state index contributed by atoms with van der Waals surface area (Å²) in [5.74, 6) is 0.202. The quantitative estimate of drug-likeness (QED) is 0.447. The van der Waals surface area contributed by atoms with E-state index in [-0.39, 0.29) is 17.2 Å². The molecule has 3 rings (SSSR count). The van der Waals surface area contributed by atoms with Crippen LogP contribution in [-0.2, 0) is 10.2 Å². The van der Waals surface area contributed by atoms with E-state index in [1.165, 1.54) is 12.0 Å². The highest BCUT2D eigenvalue weighted by Gasteiger charge is 2.36. The van der Waals surface area contributed by atoms with Gasteiger partial charge in [0, 0.05) is 35.2 Å². The highest BCUT2D eigenvalue weighted by atomic mass is 16.5. The van der Waals surface area contributed by atoms with Gasteiger partial charge in [-0.3, -0.25) is 19.5 Å². The Morgan fingerprint density at radius 1 is 0.919 bits per heavy atom. The number of amides is 2. The normalized spacial score (nSPS) is 12.4. The molecule has 2 amide bonds. The lowest BCUT2D eigenvalue weighted by Gasteiger charge is -2.34. The monoisotopic (exact) mass is 503 g/mol. The second kappa shape index (κ2) is 11.0. The molecule has 0 aliphatic carbocycles. The molecule has 7 nitrogen and oxygen atoms in total. The Kier molecular flexibility index (Phi) is 8.26. The van der Waals surface area contributed by atoms with Crippen molar-refractivity contribution >= 4 is 17.5 Å². The van der Waals surface area contributed by atoms with Crippen LogP contribution < -0.4 is 19.7 Å². The third-order valence-electron chi connectivity index (χ3n) is 5.87. The van der Waals surface area contributed by atoms with E-state index in [0.717, 1.165) is 5.56 Å². The van der Waals surface area contributed by atoms with Crippen LogP contribution in [0.15, 0.2) is 67.0 Å². The number of carbonyl (C=O) groups is 2. The lowest BCUT2D eigenvalue weighted by Crippen LogP contribution is -2.49.